The van der Waals surface area contributed by atoms with Crippen molar-refractivity contribution in [1.82, 2.24) is 15.1 Å². The van der Waals surface area contributed by atoms with Crippen LogP contribution < -0.4 is 9.64 Å². The lowest BCUT2D eigenvalue weighted by Gasteiger charge is -2.26. The fourth-order valence-electron chi connectivity index (χ4n) is 4.13. The van der Waals surface area contributed by atoms with Gasteiger partial charge in [0, 0.05) is 31.6 Å². The maximum Gasteiger partial charge on any atom is 0.208 e. The van der Waals surface area contributed by atoms with Crippen molar-refractivity contribution in [1.29, 1.82) is 0 Å². The summed E-state index contributed by atoms with van der Waals surface area (Å²) in [7, 11) is 3.96. The average Bonchev–Trinajstić information content (AvgIpc) is 3.21. The molecule has 122 valence electrons. The minimum atomic E-state index is 0.477. The van der Waals surface area contributed by atoms with E-state index in [0.717, 1.165) is 35.5 Å². The van der Waals surface area contributed by atoms with E-state index in [1.54, 1.807) is 18.4 Å². The largest absolute Gasteiger partial charge is 0.497 e. The first kappa shape index (κ1) is 14.9. The Hall–Kier alpha value is -1.66. The molecule has 0 spiro atoms. The molecule has 2 aliphatic heterocycles. The summed E-state index contributed by atoms with van der Waals surface area (Å²) in [6.07, 6.45) is 0. The zero-order chi connectivity index (χ0) is 16.0. The molecule has 3 atom stereocenters. The monoisotopic (exact) mass is 330 g/mol. The highest BCUT2D eigenvalue weighted by molar-refractivity contribution is 7.15. The lowest BCUT2D eigenvalue weighted by atomic mass is 9.89. The second kappa shape index (κ2) is 5.76. The molecule has 4 rings (SSSR count). The molecule has 1 aromatic carbocycles. The molecule has 0 amide bonds. The van der Waals surface area contributed by atoms with E-state index in [1.165, 1.54) is 5.56 Å². The third-order valence-electron chi connectivity index (χ3n) is 5.14. The number of aryl methyl sites for hydroxylation is 1. The van der Waals surface area contributed by atoms with Crippen LogP contribution in [0.3, 0.4) is 0 Å². The Balaban J connectivity index is 1.56. The zero-order valence-corrected chi connectivity index (χ0v) is 14.6. The Morgan fingerprint density at radius 3 is 2.57 bits per heavy atom. The molecule has 23 heavy (non-hydrogen) atoms. The van der Waals surface area contributed by atoms with Gasteiger partial charge >= 0.3 is 0 Å². The van der Waals surface area contributed by atoms with Crippen LogP contribution in [0.4, 0.5) is 5.13 Å². The van der Waals surface area contributed by atoms with Crippen LogP contribution in [0.1, 0.15) is 16.6 Å². The van der Waals surface area contributed by atoms with Crippen molar-refractivity contribution in [3.05, 3.63) is 34.8 Å². The molecule has 0 N–H and O–H groups in total. The third kappa shape index (κ3) is 2.60. The van der Waals surface area contributed by atoms with Gasteiger partial charge in [-0.25, -0.2) is 0 Å². The molecule has 0 bridgehead atoms. The van der Waals surface area contributed by atoms with Crippen molar-refractivity contribution in [2.75, 3.05) is 38.7 Å². The first-order valence-electron chi connectivity index (χ1n) is 8.05. The SMILES string of the molecule is COc1ccc([C@@H]2[C@@H]3CN(c4nnc(C)s4)C[C@@H]3CN2C)cc1. The number of rotatable bonds is 3. The number of fused-ring (bicyclic) bond motifs is 1. The molecule has 0 saturated carbocycles. The van der Waals surface area contributed by atoms with Gasteiger partial charge in [0.15, 0.2) is 0 Å². The Bertz CT molecular complexity index is 686. The van der Waals surface area contributed by atoms with Crippen molar-refractivity contribution in [3.63, 3.8) is 0 Å². The van der Waals surface area contributed by atoms with Gasteiger partial charge in [0.1, 0.15) is 10.8 Å². The molecule has 5 nitrogen and oxygen atoms in total. The normalized spacial score (nSPS) is 27.4. The summed E-state index contributed by atoms with van der Waals surface area (Å²) in [5, 5.41) is 10.6. The molecule has 6 heteroatoms. The second-order valence-corrected chi connectivity index (χ2v) is 7.75. The van der Waals surface area contributed by atoms with Gasteiger partial charge in [-0.3, -0.25) is 4.90 Å². The van der Waals surface area contributed by atoms with E-state index in [4.69, 9.17) is 4.74 Å². The standard InChI is InChI=1S/C17H22N4OS/c1-11-18-19-17(23-11)21-9-13-8-20(2)16(15(13)10-21)12-4-6-14(22-3)7-5-12/h4-7,13,15-16H,8-10H2,1-3H3/t13-,15+,16+/m0/s1. The molecule has 3 heterocycles. The number of hydrogen-bond acceptors (Lipinski definition) is 6. The van der Waals surface area contributed by atoms with Crippen molar-refractivity contribution in [2.24, 2.45) is 11.8 Å². The van der Waals surface area contributed by atoms with Crippen molar-refractivity contribution < 1.29 is 4.74 Å². The Labute approximate surface area is 140 Å². The van der Waals surface area contributed by atoms with E-state index in [1.807, 2.05) is 6.92 Å². The first-order valence-corrected chi connectivity index (χ1v) is 8.86. The molecular weight excluding hydrogens is 308 g/mol. The van der Waals surface area contributed by atoms with Gasteiger partial charge in [0.25, 0.3) is 0 Å². The van der Waals surface area contributed by atoms with Crippen LogP contribution in [-0.4, -0.2) is 48.9 Å². The number of likely N-dealkylation sites (tertiary alicyclic amines) is 1. The van der Waals surface area contributed by atoms with E-state index >= 15 is 0 Å². The van der Waals surface area contributed by atoms with Crippen LogP contribution in [0.15, 0.2) is 24.3 Å². The maximum absolute atomic E-state index is 5.29. The number of anilines is 1. The van der Waals surface area contributed by atoms with Crippen LogP contribution in [0.2, 0.25) is 0 Å². The van der Waals surface area contributed by atoms with Gasteiger partial charge in [-0.1, -0.05) is 23.5 Å². The lowest BCUT2D eigenvalue weighted by molar-refractivity contribution is 0.279. The van der Waals surface area contributed by atoms with Crippen LogP contribution in [0, 0.1) is 18.8 Å². The minimum Gasteiger partial charge on any atom is -0.497 e. The topological polar surface area (TPSA) is 41.5 Å². The summed E-state index contributed by atoms with van der Waals surface area (Å²) in [6, 6.07) is 9.03. The molecule has 1 aromatic heterocycles. The summed E-state index contributed by atoms with van der Waals surface area (Å²) < 4.78 is 5.29. The predicted octanol–water partition coefficient (Wildman–Crippen LogP) is 2.59. The highest BCUT2D eigenvalue weighted by Gasteiger charge is 2.46. The van der Waals surface area contributed by atoms with Gasteiger partial charge in [-0.15, -0.1) is 10.2 Å². The number of methoxy groups -OCH3 is 1. The fourth-order valence-corrected chi connectivity index (χ4v) is 4.84. The van der Waals surface area contributed by atoms with E-state index in [-0.39, 0.29) is 0 Å². The van der Waals surface area contributed by atoms with E-state index in [9.17, 15) is 0 Å². The minimum absolute atomic E-state index is 0.477. The van der Waals surface area contributed by atoms with Crippen molar-refractivity contribution in [2.45, 2.75) is 13.0 Å². The molecule has 0 radical (unpaired) electrons. The summed E-state index contributed by atoms with van der Waals surface area (Å²) in [6.45, 7) is 5.33. The lowest BCUT2D eigenvalue weighted by Crippen LogP contribution is -2.29. The van der Waals surface area contributed by atoms with Crippen molar-refractivity contribution >= 4 is 16.5 Å². The van der Waals surface area contributed by atoms with Gasteiger partial charge in [0.05, 0.1) is 7.11 Å². The summed E-state index contributed by atoms with van der Waals surface area (Å²) in [5.74, 6) is 2.28. The van der Waals surface area contributed by atoms with Crippen LogP contribution in [-0.2, 0) is 0 Å². The Morgan fingerprint density at radius 2 is 1.91 bits per heavy atom. The molecule has 0 unspecified atom stereocenters. The second-order valence-electron chi connectivity index (χ2n) is 6.59. The Kier molecular flexibility index (Phi) is 3.73. The summed E-state index contributed by atoms with van der Waals surface area (Å²) in [4.78, 5) is 4.92. The third-order valence-corrected chi connectivity index (χ3v) is 6.04. The molecule has 2 saturated heterocycles. The molecule has 0 aliphatic carbocycles. The zero-order valence-electron chi connectivity index (χ0n) is 13.8. The van der Waals surface area contributed by atoms with Crippen molar-refractivity contribution in [3.8, 4) is 5.75 Å². The van der Waals surface area contributed by atoms with E-state index in [2.05, 4.69) is 51.3 Å². The smallest absolute Gasteiger partial charge is 0.208 e. The fraction of sp³-hybridized carbons (Fsp3) is 0.529. The van der Waals surface area contributed by atoms with Gasteiger partial charge in [-0.2, -0.15) is 0 Å². The molecule has 2 aliphatic rings. The Morgan fingerprint density at radius 1 is 1.13 bits per heavy atom. The summed E-state index contributed by atoms with van der Waals surface area (Å²) in [5.41, 5.74) is 1.39. The van der Waals surface area contributed by atoms with E-state index < -0.39 is 0 Å². The van der Waals surface area contributed by atoms with Crippen LogP contribution >= 0.6 is 11.3 Å². The number of benzene rings is 1. The average molecular weight is 330 g/mol. The van der Waals surface area contributed by atoms with Gasteiger partial charge in [0.2, 0.25) is 5.13 Å². The maximum atomic E-state index is 5.29. The quantitative estimate of drug-likeness (QED) is 0.865. The predicted molar refractivity (Wildman–Crippen MR) is 92.2 cm³/mol. The molecule has 2 aromatic rings. The van der Waals surface area contributed by atoms with Crippen LogP contribution in [0.5, 0.6) is 5.75 Å². The number of hydrogen-bond donors (Lipinski definition) is 0. The van der Waals surface area contributed by atoms with Gasteiger partial charge in [-0.05, 0) is 37.6 Å². The van der Waals surface area contributed by atoms with E-state index in [0.29, 0.717) is 17.9 Å². The van der Waals surface area contributed by atoms with Crippen LogP contribution in [0.25, 0.3) is 0 Å². The summed E-state index contributed by atoms with van der Waals surface area (Å²) >= 11 is 1.70. The number of ether oxygens (including phenoxy) is 1. The number of nitrogens with zero attached hydrogens (tertiary/aromatic N) is 4. The molecule has 2 fully saturated rings. The molecular formula is C17H22N4OS. The van der Waals surface area contributed by atoms with Gasteiger partial charge < -0.3 is 9.64 Å². The number of aromatic nitrogens is 2. The highest BCUT2D eigenvalue weighted by atomic mass is 32.1. The first-order chi connectivity index (χ1) is 11.2. The highest BCUT2D eigenvalue weighted by Crippen LogP contribution is 2.45.